The van der Waals surface area contributed by atoms with Gasteiger partial charge in [-0.15, -0.1) is 10.2 Å². The average molecular weight is 227 g/mol. The summed E-state index contributed by atoms with van der Waals surface area (Å²) < 4.78 is 5.63. The van der Waals surface area contributed by atoms with Crippen LogP contribution in [0.4, 0.5) is 0 Å². The Hall–Kier alpha value is -0.940. The van der Waals surface area contributed by atoms with Crippen molar-refractivity contribution in [1.29, 1.82) is 0 Å². The Morgan fingerprint density at radius 2 is 1.94 bits per heavy atom. The van der Waals surface area contributed by atoms with E-state index in [2.05, 4.69) is 15.5 Å². The Morgan fingerprint density at radius 3 is 2.31 bits per heavy atom. The first-order valence-corrected chi connectivity index (χ1v) is 5.54. The minimum Gasteiger partial charge on any atom is -0.423 e. The number of nitrogens with one attached hydrogen (secondary N) is 1. The van der Waals surface area contributed by atoms with E-state index in [-0.39, 0.29) is 24.1 Å². The maximum Gasteiger partial charge on any atom is 0.233 e. The van der Waals surface area contributed by atoms with E-state index < -0.39 is 0 Å². The van der Waals surface area contributed by atoms with Gasteiger partial charge in [0, 0.05) is 5.41 Å². The molecule has 0 aromatic carbocycles. The Kier molecular flexibility index (Phi) is 4.04. The van der Waals surface area contributed by atoms with Crippen molar-refractivity contribution in [3.05, 3.63) is 11.8 Å². The van der Waals surface area contributed by atoms with Crippen LogP contribution in [-0.4, -0.2) is 22.0 Å². The van der Waals surface area contributed by atoms with Crippen molar-refractivity contribution in [1.82, 2.24) is 15.5 Å². The number of nitrogens with zero attached hydrogens (tertiary/aromatic N) is 2. The van der Waals surface area contributed by atoms with Crippen molar-refractivity contribution in [2.24, 2.45) is 5.92 Å². The summed E-state index contributed by atoms with van der Waals surface area (Å²) >= 11 is 0. The number of aromatic nitrogens is 2. The highest BCUT2D eigenvalue weighted by Crippen LogP contribution is 2.25. The number of rotatable bonds is 4. The van der Waals surface area contributed by atoms with Gasteiger partial charge in [-0.25, -0.2) is 0 Å². The number of aliphatic hydroxyl groups excluding tert-OH is 1. The molecule has 0 saturated carbocycles. The lowest BCUT2D eigenvalue weighted by Crippen LogP contribution is -2.26. The van der Waals surface area contributed by atoms with Crippen LogP contribution in [-0.2, 0) is 5.41 Å². The Bertz CT molecular complexity index is 328. The first-order valence-electron chi connectivity index (χ1n) is 5.54. The van der Waals surface area contributed by atoms with Crippen molar-refractivity contribution in [2.75, 3.05) is 6.73 Å². The molecule has 0 fully saturated rings. The van der Waals surface area contributed by atoms with Gasteiger partial charge in [0.25, 0.3) is 0 Å². The molecule has 5 heteroatoms. The molecule has 0 amide bonds. The van der Waals surface area contributed by atoms with Gasteiger partial charge in [0.2, 0.25) is 11.8 Å². The van der Waals surface area contributed by atoms with Gasteiger partial charge in [0.05, 0.1) is 12.8 Å². The summed E-state index contributed by atoms with van der Waals surface area (Å²) in [6, 6.07) is -0.103. The zero-order valence-corrected chi connectivity index (χ0v) is 10.6. The van der Waals surface area contributed by atoms with Crippen LogP contribution in [0.1, 0.15) is 52.4 Å². The average Bonchev–Trinajstić information content (AvgIpc) is 2.61. The number of aliphatic hydroxyl groups is 1. The standard InChI is InChI=1S/C11H21N3O2/c1-7(2)8(12-6-15)9-13-14-10(16-9)11(3,4)5/h7-8,12,15H,6H2,1-5H3. The molecule has 92 valence electrons. The van der Waals surface area contributed by atoms with Crippen LogP contribution >= 0.6 is 0 Å². The van der Waals surface area contributed by atoms with E-state index in [1.165, 1.54) is 0 Å². The second-order valence-electron chi connectivity index (χ2n) is 5.28. The van der Waals surface area contributed by atoms with Gasteiger partial charge in [-0.05, 0) is 5.92 Å². The van der Waals surface area contributed by atoms with Gasteiger partial charge >= 0.3 is 0 Å². The molecule has 16 heavy (non-hydrogen) atoms. The third-order valence-electron chi connectivity index (χ3n) is 2.33. The minimum absolute atomic E-state index is 0.101. The molecule has 0 saturated heterocycles. The Morgan fingerprint density at radius 1 is 1.31 bits per heavy atom. The molecule has 0 spiro atoms. The van der Waals surface area contributed by atoms with Gasteiger partial charge in [-0.3, -0.25) is 5.32 Å². The Balaban J connectivity index is 2.90. The fourth-order valence-electron chi connectivity index (χ4n) is 1.37. The highest BCUT2D eigenvalue weighted by atomic mass is 16.4. The summed E-state index contributed by atoms with van der Waals surface area (Å²) in [6.07, 6.45) is 0. The highest BCUT2D eigenvalue weighted by molar-refractivity contribution is 4.99. The summed E-state index contributed by atoms with van der Waals surface area (Å²) in [4.78, 5) is 0. The van der Waals surface area contributed by atoms with E-state index in [0.29, 0.717) is 11.8 Å². The van der Waals surface area contributed by atoms with E-state index in [4.69, 9.17) is 9.52 Å². The third kappa shape index (κ3) is 3.02. The van der Waals surface area contributed by atoms with Crippen LogP contribution in [0.2, 0.25) is 0 Å². The van der Waals surface area contributed by atoms with Crippen LogP contribution in [0, 0.1) is 5.92 Å². The summed E-state index contributed by atoms with van der Waals surface area (Å²) in [5.74, 6) is 1.43. The molecular formula is C11H21N3O2. The molecule has 0 aliphatic heterocycles. The van der Waals surface area contributed by atoms with Crippen molar-refractivity contribution in [3.63, 3.8) is 0 Å². The van der Waals surface area contributed by atoms with Gasteiger partial charge in [-0.2, -0.15) is 0 Å². The third-order valence-corrected chi connectivity index (χ3v) is 2.33. The second-order valence-corrected chi connectivity index (χ2v) is 5.28. The number of hydrogen-bond donors (Lipinski definition) is 2. The summed E-state index contributed by atoms with van der Waals surface area (Å²) in [6.45, 7) is 10.0. The van der Waals surface area contributed by atoms with Gasteiger partial charge < -0.3 is 9.52 Å². The fourth-order valence-corrected chi connectivity index (χ4v) is 1.37. The lowest BCUT2D eigenvalue weighted by Gasteiger charge is -2.17. The molecule has 1 unspecified atom stereocenters. The van der Waals surface area contributed by atoms with E-state index in [9.17, 15) is 0 Å². The molecule has 1 rings (SSSR count). The lowest BCUT2D eigenvalue weighted by atomic mass is 9.97. The zero-order valence-electron chi connectivity index (χ0n) is 10.6. The van der Waals surface area contributed by atoms with E-state index in [1.54, 1.807) is 0 Å². The first-order chi connectivity index (χ1) is 7.36. The molecule has 1 heterocycles. The molecule has 1 aromatic rings. The molecule has 5 nitrogen and oxygen atoms in total. The fraction of sp³-hybridized carbons (Fsp3) is 0.818. The van der Waals surface area contributed by atoms with Crippen LogP contribution in [0.15, 0.2) is 4.42 Å². The molecule has 1 atom stereocenters. The first kappa shape index (κ1) is 13.1. The van der Waals surface area contributed by atoms with Gasteiger partial charge in [0.15, 0.2) is 0 Å². The molecule has 1 aromatic heterocycles. The van der Waals surface area contributed by atoms with Crippen LogP contribution in [0.25, 0.3) is 0 Å². The smallest absolute Gasteiger partial charge is 0.233 e. The predicted octanol–water partition coefficient (Wildman–Crippen LogP) is 1.60. The SMILES string of the molecule is CC(C)C(NCO)c1nnc(C(C)(C)C)o1. The largest absolute Gasteiger partial charge is 0.423 e. The number of hydrogen-bond acceptors (Lipinski definition) is 5. The molecule has 0 bridgehead atoms. The highest BCUT2D eigenvalue weighted by Gasteiger charge is 2.26. The molecule has 0 aliphatic carbocycles. The zero-order chi connectivity index (χ0) is 12.3. The minimum atomic E-state index is -0.147. The second kappa shape index (κ2) is 4.93. The summed E-state index contributed by atoms with van der Waals surface area (Å²) in [5, 5.41) is 19.9. The maximum atomic E-state index is 8.91. The van der Waals surface area contributed by atoms with Gasteiger partial charge in [0.1, 0.15) is 0 Å². The van der Waals surface area contributed by atoms with Gasteiger partial charge in [-0.1, -0.05) is 34.6 Å². The van der Waals surface area contributed by atoms with Crippen molar-refractivity contribution < 1.29 is 9.52 Å². The quantitative estimate of drug-likeness (QED) is 0.764. The maximum absolute atomic E-state index is 8.91. The normalized spacial score (nSPS) is 14.4. The van der Waals surface area contributed by atoms with Crippen LogP contribution < -0.4 is 5.32 Å². The van der Waals surface area contributed by atoms with E-state index in [1.807, 2.05) is 34.6 Å². The summed E-state index contributed by atoms with van der Waals surface area (Å²) in [7, 11) is 0. The van der Waals surface area contributed by atoms with E-state index in [0.717, 1.165) is 0 Å². The van der Waals surface area contributed by atoms with Crippen LogP contribution in [0.3, 0.4) is 0 Å². The van der Waals surface area contributed by atoms with Crippen molar-refractivity contribution in [3.8, 4) is 0 Å². The van der Waals surface area contributed by atoms with Crippen molar-refractivity contribution in [2.45, 2.75) is 46.1 Å². The monoisotopic (exact) mass is 227 g/mol. The lowest BCUT2D eigenvalue weighted by molar-refractivity contribution is 0.204. The molecule has 0 aliphatic rings. The topological polar surface area (TPSA) is 71.2 Å². The van der Waals surface area contributed by atoms with E-state index >= 15 is 0 Å². The molecule has 2 N–H and O–H groups in total. The predicted molar refractivity (Wildman–Crippen MR) is 60.8 cm³/mol. The summed E-state index contributed by atoms with van der Waals surface area (Å²) in [5.41, 5.74) is -0.147. The van der Waals surface area contributed by atoms with Crippen molar-refractivity contribution >= 4 is 0 Å². The van der Waals surface area contributed by atoms with Crippen LogP contribution in [0.5, 0.6) is 0 Å². The molecule has 0 radical (unpaired) electrons. The molecular weight excluding hydrogens is 206 g/mol. The Labute approximate surface area is 96.3 Å².